The molecular formula is C15H14ClN3. The van der Waals surface area contributed by atoms with E-state index in [4.69, 9.17) is 11.6 Å². The van der Waals surface area contributed by atoms with E-state index in [9.17, 15) is 0 Å². The fourth-order valence-electron chi connectivity index (χ4n) is 2.07. The molecule has 2 heterocycles. The second-order valence-corrected chi connectivity index (χ2v) is 4.94. The minimum atomic E-state index is 0.555. The van der Waals surface area contributed by atoms with Crippen LogP contribution in [0.2, 0.25) is 5.15 Å². The predicted octanol–water partition coefficient (Wildman–Crippen LogP) is 4.14. The van der Waals surface area contributed by atoms with E-state index in [2.05, 4.69) is 39.6 Å². The Bertz CT molecular complexity index is 718. The largest absolute Gasteiger partial charge is 0.380 e. The van der Waals surface area contributed by atoms with Crippen LogP contribution in [0.15, 0.2) is 42.7 Å². The van der Waals surface area contributed by atoms with E-state index in [-0.39, 0.29) is 0 Å². The van der Waals surface area contributed by atoms with Crippen LogP contribution >= 0.6 is 11.6 Å². The Morgan fingerprint density at radius 1 is 1.26 bits per heavy atom. The van der Waals surface area contributed by atoms with Gasteiger partial charge in [-0.2, -0.15) is 0 Å². The highest BCUT2D eigenvalue weighted by Gasteiger charge is 2.00. The Balaban J connectivity index is 1.75. The Hall–Kier alpha value is -2.00. The topological polar surface area (TPSA) is 40.7 Å². The Kier molecular flexibility index (Phi) is 3.13. The SMILES string of the molecule is Cc1cc(NCc2ccc3[nH]ccc3c2)cnc1Cl. The van der Waals surface area contributed by atoms with Gasteiger partial charge < -0.3 is 10.3 Å². The molecule has 3 nitrogen and oxygen atoms in total. The van der Waals surface area contributed by atoms with Gasteiger partial charge in [-0.05, 0) is 47.7 Å². The maximum absolute atomic E-state index is 5.91. The van der Waals surface area contributed by atoms with Gasteiger partial charge in [0.15, 0.2) is 0 Å². The lowest BCUT2D eigenvalue weighted by molar-refractivity contribution is 1.13. The van der Waals surface area contributed by atoms with Crippen molar-refractivity contribution in [2.75, 3.05) is 5.32 Å². The lowest BCUT2D eigenvalue weighted by atomic mass is 10.1. The van der Waals surface area contributed by atoms with Crippen molar-refractivity contribution in [3.63, 3.8) is 0 Å². The van der Waals surface area contributed by atoms with Gasteiger partial charge in [0.05, 0.1) is 11.9 Å². The fraction of sp³-hybridized carbons (Fsp3) is 0.133. The number of rotatable bonds is 3. The third-order valence-corrected chi connectivity index (χ3v) is 3.52. The van der Waals surface area contributed by atoms with Crippen LogP contribution in [0.4, 0.5) is 5.69 Å². The number of fused-ring (bicyclic) bond motifs is 1. The lowest BCUT2D eigenvalue weighted by Crippen LogP contribution is -2.00. The number of aromatic amines is 1. The summed E-state index contributed by atoms with van der Waals surface area (Å²) in [6.45, 7) is 2.72. The number of pyridine rings is 1. The normalized spacial score (nSPS) is 10.8. The average molecular weight is 272 g/mol. The minimum absolute atomic E-state index is 0.555. The average Bonchev–Trinajstić information content (AvgIpc) is 2.87. The van der Waals surface area contributed by atoms with Crippen molar-refractivity contribution in [2.45, 2.75) is 13.5 Å². The molecule has 0 unspecified atom stereocenters. The standard InChI is InChI=1S/C15H14ClN3/c1-10-6-13(9-19-15(10)16)18-8-11-2-3-14-12(7-11)4-5-17-14/h2-7,9,17-18H,8H2,1H3. The second-order valence-electron chi connectivity index (χ2n) is 4.58. The van der Waals surface area contributed by atoms with Gasteiger partial charge in [0.2, 0.25) is 0 Å². The molecule has 3 rings (SSSR count). The molecular weight excluding hydrogens is 258 g/mol. The van der Waals surface area contributed by atoms with E-state index in [0.717, 1.165) is 23.3 Å². The van der Waals surface area contributed by atoms with E-state index < -0.39 is 0 Å². The molecule has 1 aromatic carbocycles. The Morgan fingerprint density at radius 2 is 2.16 bits per heavy atom. The minimum Gasteiger partial charge on any atom is -0.380 e. The van der Waals surface area contributed by atoms with Crippen LogP contribution < -0.4 is 5.32 Å². The van der Waals surface area contributed by atoms with Gasteiger partial charge in [-0.1, -0.05) is 17.7 Å². The third-order valence-electron chi connectivity index (χ3n) is 3.13. The predicted molar refractivity (Wildman–Crippen MR) is 79.6 cm³/mol. The van der Waals surface area contributed by atoms with Crippen LogP contribution in [-0.2, 0) is 6.54 Å². The number of aryl methyl sites for hydroxylation is 1. The van der Waals surface area contributed by atoms with Crippen LogP contribution in [0.3, 0.4) is 0 Å². The van der Waals surface area contributed by atoms with E-state index in [1.807, 2.05) is 19.2 Å². The van der Waals surface area contributed by atoms with Crippen molar-refractivity contribution in [3.8, 4) is 0 Å². The van der Waals surface area contributed by atoms with Crippen LogP contribution in [0.1, 0.15) is 11.1 Å². The van der Waals surface area contributed by atoms with E-state index in [1.165, 1.54) is 10.9 Å². The number of hydrogen-bond acceptors (Lipinski definition) is 2. The number of nitrogens with one attached hydrogen (secondary N) is 2. The first kappa shape index (κ1) is 12.1. The molecule has 0 aliphatic carbocycles. The first-order valence-corrected chi connectivity index (χ1v) is 6.52. The third kappa shape index (κ3) is 2.56. The number of aromatic nitrogens is 2. The van der Waals surface area contributed by atoms with Crippen molar-refractivity contribution in [3.05, 3.63) is 59.0 Å². The van der Waals surface area contributed by atoms with Gasteiger partial charge >= 0.3 is 0 Å². The zero-order valence-electron chi connectivity index (χ0n) is 10.6. The first-order chi connectivity index (χ1) is 9.22. The number of nitrogens with zero attached hydrogens (tertiary/aromatic N) is 1. The molecule has 2 aromatic heterocycles. The van der Waals surface area contributed by atoms with Crippen LogP contribution in [0, 0.1) is 6.92 Å². The zero-order valence-corrected chi connectivity index (χ0v) is 11.3. The van der Waals surface area contributed by atoms with Crippen LogP contribution in [0.5, 0.6) is 0 Å². The van der Waals surface area contributed by atoms with Crippen LogP contribution in [-0.4, -0.2) is 9.97 Å². The summed E-state index contributed by atoms with van der Waals surface area (Å²) in [5.41, 5.74) is 4.36. The van der Waals surface area contributed by atoms with Gasteiger partial charge in [-0.3, -0.25) is 0 Å². The zero-order chi connectivity index (χ0) is 13.2. The molecule has 0 amide bonds. The molecule has 96 valence electrons. The molecule has 0 atom stereocenters. The summed E-state index contributed by atoms with van der Waals surface area (Å²) in [7, 11) is 0. The summed E-state index contributed by atoms with van der Waals surface area (Å²) in [5.74, 6) is 0. The summed E-state index contributed by atoms with van der Waals surface area (Å²) < 4.78 is 0. The molecule has 0 radical (unpaired) electrons. The smallest absolute Gasteiger partial charge is 0.132 e. The maximum Gasteiger partial charge on any atom is 0.132 e. The van der Waals surface area contributed by atoms with Gasteiger partial charge in [0.25, 0.3) is 0 Å². The molecule has 0 aliphatic rings. The number of anilines is 1. The number of hydrogen-bond donors (Lipinski definition) is 2. The fourth-order valence-corrected chi connectivity index (χ4v) is 2.17. The summed E-state index contributed by atoms with van der Waals surface area (Å²) >= 11 is 5.91. The molecule has 2 N–H and O–H groups in total. The Labute approximate surface area is 116 Å². The molecule has 0 saturated heterocycles. The first-order valence-electron chi connectivity index (χ1n) is 6.14. The summed E-state index contributed by atoms with van der Waals surface area (Å²) in [5, 5.41) is 5.14. The van der Waals surface area contributed by atoms with Crippen molar-refractivity contribution < 1.29 is 0 Å². The Morgan fingerprint density at radius 3 is 3.00 bits per heavy atom. The van der Waals surface area contributed by atoms with Gasteiger partial charge in [-0.15, -0.1) is 0 Å². The summed E-state index contributed by atoms with van der Waals surface area (Å²) in [6.07, 6.45) is 3.71. The number of benzene rings is 1. The van der Waals surface area contributed by atoms with Gasteiger partial charge in [0, 0.05) is 18.3 Å². The van der Waals surface area contributed by atoms with E-state index in [0.29, 0.717) is 5.15 Å². The van der Waals surface area contributed by atoms with Crippen molar-refractivity contribution in [1.82, 2.24) is 9.97 Å². The highest BCUT2D eigenvalue weighted by Crippen LogP contribution is 2.18. The quantitative estimate of drug-likeness (QED) is 0.703. The maximum atomic E-state index is 5.91. The molecule has 0 aliphatic heterocycles. The molecule has 19 heavy (non-hydrogen) atoms. The van der Waals surface area contributed by atoms with Gasteiger partial charge in [0.1, 0.15) is 5.15 Å². The monoisotopic (exact) mass is 271 g/mol. The molecule has 0 bridgehead atoms. The number of H-pyrrole nitrogens is 1. The molecule has 3 aromatic rings. The lowest BCUT2D eigenvalue weighted by Gasteiger charge is -2.07. The summed E-state index contributed by atoms with van der Waals surface area (Å²) in [6, 6.07) is 10.5. The number of halogens is 1. The molecule has 0 spiro atoms. The molecule has 0 saturated carbocycles. The second kappa shape index (κ2) is 4.94. The van der Waals surface area contributed by atoms with Crippen molar-refractivity contribution in [1.29, 1.82) is 0 Å². The van der Waals surface area contributed by atoms with Crippen molar-refractivity contribution >= 4 is 28.2 Å². The van der Waals surface area contributed by atoms with Crippen LogP contribution in [0.25, 0.3) is 10.9 Å². The highest BCUT2D eigenvalue weighted by atomic mass is 35.5. The molecule has 0 fully saturated rings. The van der Waals surface area contributed by atoms with E-state index >= 15 is 0 Å². The van der Waals surface area contributed by atoms with Gasteiger partial charge in [-0.25, -0.2) is 4.98 Å². The summed E-state index contributed by atoms with van der Waals surface area (Å²) in [4.78, 5) is 7.32. The highest BCUT2D eigenvalue weighted by molar-refractivity contribution is 6.30. The van der Waals surface area contributed by atoms with E-state index in [1.54, 1.807) is 6.20 Å². The molecule has 4 heteroatoms. The van der Waals surface area contributed by atoms with Crippen molar-refractivity contribution in [2.24, 2.45) is 0 Å².